The van der Waals surface area contributed by atoms with E-state index in [-0.39, 0.29) is 16.5 Å². The molecule has 1 N–H and O–H groups in total. The number of unbranched alkanes of at least 4 members (excludes halogenated alkanes) is 2. The second kappa shape index (κ2) is 9.96. The van der Waals surface area contributed by atoms with E-state index in [9.17, 15) is 18.3 Å². The summed E-state index contributed by atoms with van der Waals surface area (Å²) in [5.41, 5.74) is 1.94. The monoisotopic (exact) mass is 508 g/mol. The van der Waals surface area contributed by atoms with Crippen LogP contribution in [0.2, 0.25) is 0 Å². The standard InChI is InChI=1S/C31H35F3N2O/c1-6-7-11-16-29(2,3)22-17-23(27(37)24(18-22)30(4,5)20-12-9-8-10-13-20)28-35-25-15-14-21(31(32,33)34)19-26(25)36-28/h8-10,12-15,17-19,28,37H,6-7,11,16H2,1-5H3. The molecule has 1 atom stereocenters. The molecular formula is C31H35F3N2O. The zero-order chi connectivity index (χ0) is 27.0. The van der Waals surface area contributed by atoms with Crippen molar-refractivity contribution in [3.8, 4) is 5.75 Å². The van der Waals surface area contributed by atoms with Crippen molar-refractivity contribution in [1.29, 1.82) is 0 Å². The summed E-state index contributed by atoms with van der Waals surface area (Å²) in [5, 5.41) is 12.2. The number of fused-ring (bicyclic) bond motifs is 1. The first-order chi connectivity index (χ1) is 17.3. The molecule has 4 rings (SSSR count). The Kier molecular flexibility index (Phi) is 7.24. The maximum Gasteiger partial charge on any atom is 0.416 e. The molecule has 0 saturated carbocycles. The minimum atomic E-state index is -4.46. The summed E-state index contributed by atoms with van der Waals surface area (Å²) in [6.45, 7) is 10.7. The van der Waals surface area contributed by atoms with Crippen molar-refractivity contribution in [2.75, 3.05) is 0 Å². The third kappa shape index (κ3) is 5.43. The van der Waals surface area contributed by atoms with Gasteiger partial charge in [0.15, 0.2) is 6.17 Å². The van der Waals surface area contributed by atoms with Gasteiger partial charge in [-0.1, -0.05) is 90.3 Å². The summed E-state index contributed by atoms with van der Waals surface area (Å²) in [4.78, 5) is 9.13. The Labute approximate surface area is 216 Å². The van der Waals surface area contributed by atoms with Crippen LogP contribution >= 0.6 is 0 Å². The first-order valence-corrected chi connectivity index (χ1v) is 12.9. The highest BCUT2D eigenvalue weighted by Crippen LogP contribution is 2.44. The first-order valence-electron chi connectivity index (χ1n) is 12.9. The number of hydrogen-bond donors (Lipinski definition) is 1. The Morgan fingerprint density at radius 2 is 1.46 bits per heavy atom. The quantitative estimate of drug-likeness (QED) is 0.314. The topological polar surface area (TPSA) is 45.0 Å². The van der Waals surface area contributed by atoms with Gasteiger partial charge in [0.1, 0.15) is 5.75 Å². The fourth-order valence-corrected chi connectivity index (χ4v) is 5.04. The number of halogens is 3. The summed E-state index contributed by atoms with van der Waals surface area (Å²) >= 11 is 0. The summed E-state index contributed by atoms with van der Waals surface area (Å²) in [6, 6.07) is 17.4. The molecule has 0 aliphatic carbocycles. The van der Waals surface area contributed by atoms with E-state index in [0.717, 1.165) is 54.5 Å². The Morgan fingerprint density at radius 1 is 0.784 bits per heavy atom. The van der Waals surface area contributed by atoms with Crippen molar-refractivity contribution < 1.29 is 18.3 Å². The van der Waals surface area contributed by atoms with E-state index < -0.39 is 23.3 Å². The maximum absolute atomic E-state index is 13.3. The van der Waals surface area contributed by atoms with Gasteiger partial charge in [-0.3, -0.25) is 9.98 Å². The molecule has 3 aromatic carbocycles. The highest BCUT2D eigenvalue weighted by atomic mass is 19.4. The molecule has 1 unspecified atom stereocenters. The van der Waals surface area contributed by atoms with Gasteiger partial charge >= 0.3 is 6.18 Å². The average molecular weight is 509 g/mol. The molecular weight excluding hydrogens is 473 g/mol. The first kappa shape index (κ1) is 26.9. The third-order valence-electron chi connectivity index (χ3n) is 7.60. The Hall–Kier alpha value is -3.15. The lowest BCUT2D eigenvalue weighted by atomic mass is 9.72. The van der Waals surface area contributed by atoms with Crippen LogP contribution in [0.3, 0.4) is 0 Å². The lowest BCUT2D eigenvalue weighted by molar-refractivity contribution is -0.137. The molecule has 0 spiro atoms. The fourth-order valence-electron chi connectivity index (χ4n) is 5.04. The van der Waals surface area contributed by atoms with Gasteiger partial charge in [-0.25, -0.2) is 0 Å². The van der Waals surface area contributed by atoms with Crippen molar-refractivity contribution >= 4 is 0 Å². The Morgan fingerprint density at radius 3 is 2.11 bits per heavy atom. The second-order valence-electron chi connectivity index (χ2n) is 11.1. The normalized spacial score (nSPS) is 15.7. The summed E-state index contributed by atoms with van der Waals surface area (Å²) in [7, 11) is 0. The fraction of sp³-hybridized carbons (Fsp3) is 0.419. The molecule has 0 saturated heterocycles. The van der Waals surface area contributed by atoms with Crippen LogP contribution in [0.15, 0.2) is 70.6 Å². The van der Waals surface area contributed by atoms with Crippen LogP contribution in [-0.4, -0.2) is 5.11 Å². The number of alkyl halides is 3. The Bertz CT molecular complexity index is 1390. The number of phenolic OH excluding ortho intramolecular Hbond substituents is 1. The molecule has 0 fully saturated rings. The van der Waals surface area contributed by atoms with Crippen LogP contribution in [0.4, 0.5) is 13.2 Å². The van der Waals surface area contributed by atoms with Crippen LogP contribution in [0.5, 0.6) is 5.75 Å². The van der Waals surface area contributed by atoms with Gasteiger partial charge in [0.25, 0.3) is 0 Å². The SMILES string of the molecule is CCCCCC(C)(C)c1cc(C2N=c3ccc(C(F)(F)F)cc3=N2)c(O)c(C(C)(C)c2ccccc2)c1. The van der Waals surface area contributed by atoms with Gasteiger partial charge in [0, 0.05) is 16.5 Å². The number of nitrogens with zero attached hydrogens (tertiary/aromatic N) is 2. The van der Waals surface area contributed by atoms with E-state index in [0.29, 0.717) is 10.9 Å². The molecule has 0 radical (unpaired) electrons. The van der Waals surface area contributed by atoms with E-state index in [2.05, 4.69) is 50.7 Å². The number of benzene rings is 3. The highest BCUT2D eigenvalue weighted by molar-refractivity contribution is 5.54. The van der Waals surface area contributed by atoms with Gasteiger partial charge in [-0.2, -0.15) is 13.2 Å². The number of phenols is 1. The van der Waals surface area contributed by atoms with Crippen LogP contribution in [0, 0.1) is 0 Å². The number of rotatable bonds is 8. The van der Waals surface area contributed by atoms with E-state index in [4.69, 9.17) is 0 Å². The van der Waals surface area contributed by atoms with Crippen LogP contribution in [0.25, 0.3) is 0 Å². The molecule has 3 nitrogen and oxygen atoms in total. The molecule has 37 heavy (non-hydrogen) atoms. The van der Waals surface area contributed by atoms with E-state index in [1.54, 1.807) is 0 Å². The van der Waals surface area contributed by atoms with Crippen LogP contribution in [0.1, 0.15) is 94.3 Å². The largest absolute Gasteiger partial charge is 0.507 e. The minimum Gasteiger partial charge on any atom is -0.507 e. The lowest BCUT2D eigenvalue weighted by Crippen LogP contribution is -2.23. The third-order valence-corrected chi connectivity index (χ3v) is 7.60. The average Bonchev–Trinajstić information content (AvgIpc) is 3.27. The van der Waals surface area contributed by atoms with E-state index in [1.165, 1.54) is 6.07 Å². The number of hydrogen-bond acceptors (Lipinski definition) is 3. The van der Waals surface area contributed by atoms with Crippen molar-refractivity contribution in [3.05, 3.63) is 99.2 Å². The smallest absolute Gasteiger partial charge is 0.416 e. The molecule has 1 aliphatic heterocycles. The minimum absolute atomic E-state index is 0.0864. The van der Waals surface area contributed by atoms with Gasteiger partial charge in [0.2, 0.25) is 0 Å². The van der Waals surface area contributed by atoms with Gasteiger partial charge in [-0.15, -0.1) is 0 Å². The summed E-state index contributed by atoms with van der Waals surface area (Å²) in [5.74, 6) is 0.0864. The predicted molar refractivity (Wildman–Crippen MR) is 140 cm³/mol. The molecule has 1 aliphatic rings. The molecule has 1 heterocycles. The molecule has 6 heteroatoms. The highest BCUT2D eigenvalue weighted by Gasteiger charge is 2.34. The van der Waals surface area contributed by atoms with Crippen molar-refractivity contribution in [3.63, 3.8) is 0 Å². The van der Waals surface area contributed by atoms with Gasteiger partial charge < -0.3 is 5.11 Å². The molecule has 0 aromatic heterocycles. The summed E-state index contributed by atoms with van der Waals surface area (Å²) in [6.07, 6.45) is -0.941. The zero-order valence-corrected chi connectivity index (χ0v) is 22.2. The second-order valence-corrected chi connectivity index (χ2v) is 11.1. The van der Waals surface area contributed by atoms with Gasteiger partial charge in [0.05, 0.1) is 16.3 Å². The van der Waals surface area contributed by atoms with E-state index in [1.807, 2.05) is 36.4 Å². The van der Waals surface area contributed by atoms with Crippen LogP contribution in [-0.2, 0) is 17.0 Å². The van der Waals surface area contributed by atoms with E-state index >= 15 is 0 Å². The van der Waals surface area contributed by atoms with Gasteiger partial charge in [-0.05, 0) is 47.2 Å². The Balaban J connectivity index is 1.88. The lowest BCUT2D eigenvalue weighted by Gasteiger charge is -2.32. The van der Waals surface area contributed by atoms with Crippen molar-refractivity contribution in [1.82, 2.24) is 0 Å². The molecule has 196 valence electrons. The summed E-state index contributed by atoms with van der Waals surface area (Å²) < 4.78 is 39.9. The van der Waals surface area contributed by atoms with Crippen molar-refractivity contribution in [2.45, 2.75) is 83.5 Å². The molecule has 0 amide bonds. The predicted octanol–water partition coefficient (Wildman–Crippen LogP) is 7.55. The molecule has 3 aromatic rings. The zero-order valence-electron chi connectivity index (χ0n) is 22.2. The number of aromatic hydroxyl groups is 1. The van der Waals surface area contributed by atoms with Crippen LogP contribution < -0.4 is 10.7 Å². The molecule has 0 bridgehead atoms. The maximum atomic E-state index is 13.3. The van der Waals surface area contributed by atoms with Crippen molar-refractivity contribution in [2.24, 2.45) is 9.98 Å².